The van der Waals surface area contributed by atoms with Gasteiger partial charge in [-0.3, -0.25) is 10.0 Å². The van der Waals surface area contributed by atoms with Crippen molar-refractivity contribution in [3.63, 3.8) is 0 Å². The highest BCUT2D eigenvalue weighted by atomic mass is 16.5. The van der Waals surface area contributed by atoms with Crippen LogP contribution in [-0.4, -0.2) is 48.2 Å². The van der Waals surface area contributed by atoms with Crippen molar-refractivity contribution < 1.29 is 10.0 Å². The molecule has 1 fully saturated rings. The molecule has 1 rings (SSSR count). The third kappa shape index (κ3) is 3.52. The van der Waals surface area contributed by atoms with Crippen molar-refractivity contribution >= 4 is 5.91 Å². The second kappa shape index (κ2) is 6.14. The number of rotatable bonds is 5. The molecule has 5 heteroatoms. The van der Waals surface area contributed by atoms with E-state index < -0.39 is 0 Å². The van der Waals surface area contributed by atoms with Crippen LogP contribution in [0.3, 0.4) is 0 Å². The Kier molecular flexibility index (Phi) is 5.11. The third-order valence-corrected chi connectivity index (χ3v) is 3.79. The summed E-state index contributed by atoms with van der Waals surface area (Å²) in [6.45, 7) is 4.72. The van der Waals surface area contributed by atoms with Gasteiger partial charge in [0.2, 0.25) is 5.91 Å². The minimum absolute atomic E-state index is 0.215. The van der Waals surface area contributed by atoms with E-state index >= 15 is 0 Å². The molecule has 0 spiro atoms. The normalized spacial score (nSPS) is 29.9. The molecule has 17 heavy (non-hydrogen) atoms. The summed E-state index contributed by atoms with van der Waals surface area (Å²) < 4.78 is 0. The van der Waals surface area contributed by atoms with E-state index in [-0.39, 0.29) is 11.4 Å². The molecule has 0 aromatic rings. The predicted octanol–water partition coefficient (Wildman–Crippen LogP) is 0.510. The van der Waals surface area contributed by atoms with Gasteiger partial charge in [-0.2, -0.15) is 0 Å². The minimum Gasteiger partial charge on any atom is -0.314 e. The van der Waals surface area contributed by atoms with Crippen LogP contribution in [0.5, 0.6) is 0 Å². The maximum atomic E-state index is 11.4. The van der Waals surface area contributed by atoms with E-state index in [1.807, 2.05) is 13.1 Å². The molecule has 0 aromatic carbocycles. The smallest absolute Gasteiger partial charge is 0.245 e. The summed E-state index contributed by atoms with van der Waals surface area (Å²) in [4.78, 5) is 13.7. The highest BCUT2D eigenvalue weighted by molar-refractivity contribution is 5.76. The summed E-state index contributed by atoms with van der Waals surface area (Å²) in [5, 5.41) is 11.9. The fourth-order valence-corrected chi connectivity index (χ4v) is 2.56. The van der Waals surface area contributed by atoms with Crippen molar-refractivity contribution in [2.45, 2.75) is 37.3 Å². The van der Waals surface area contributed by atoms with Crippen molar-refractivity contribution in [3.8, 4) is 0 Å². The molecule has 1 aliphatic rings. The highest BCUT2D eigenvalue weighted by Crippen LogP contribution is 2.30. The Labute approximate surface area is 103 Å². The summed E-state index contributed by atoms with van der Waals surface area (Å²) >= 11 is 0. The number of piperidine rings is 1. The summed E-state index contributed by atoms with van der Waals surface area (Å²) in [5.74, 6) is -0.332. The molecule has 1 aliphatic heterocycles. The van der Waals surface area contributed by atoms with Crippen molar-refractivity contribution in [2.24, 2.45) is 0 Å². The van der Waals surface area contributed by atoms with Gasteiger partial charge in [0.1, 0.15) is 0 Å². The van der Waals surface area contributed by atoms with Gasteiger partial charge in [0.05, 0.1) is 0 Å². The van der Waals surface area contributed by atoms with E-state index in [4.69, 9.17) is 5.21 Å². The molecular weight excluding hydrogens is 218 g/mol. The van der Waals surface area contributed by atoms with E-state index in [0.717, 1.165) is 25.8 Å². The predicted molar refractivity (Wildman–Crippen MR) is 66.8 cm³/mol. The van der Waals surface area contributed by atoms with Crippen molar-refractivity contribution in [1.82, 2.24) is 15.7 Å². The van der Waals surface area contributed by atoms with Crippen LogP contribution in [0.2, 0.25) is 0 Å². The molecule has 0 unspecified atom stereocenters. The number of carbonyl (C=O) groups is 1. The number of carbonyl (C=O) groups excluding carboxylic acids is 1. The molecule has 0 aliphatic carbocycles. The molecule has 0 aromatic heterocycles. The number of nitrogens with zero attached hydrogens (tertiary/aromatic N) is 1. The molecule has 5 nitrogen and oxygen atoms in total. The average Bonchev–Trinajstić information content (AvgIpc) is 2.34. The Bertz CT molecular complexity index is 283. The third-order valence-electron chi connectivity index (χ3n) is 3.79. The standard InChI is InChI=1S/C12H23N3O2/c1-4-5-10-8-12(13-2,6-7-15(10)3)9-11(16)14-17/h4,10,13,17H,1,5-9H2,2-3H3,(H,14,16)/t10-,12+/m0/s1. The Morgan fingerprint density at radius 1 is 1.71 bits per heavy atom. The lowest BCUT2D eigenvalue weighted by Gasteiger charge is -2.45. The van der Waals surface area contributed by atoms with Gasteiger partial charge in [0, 0.05) is 18.0 Å². The fourth-order valence-electron chi connectivity index (χ4n) is 2.56. The average molecular weight is 241 g/mol. The van der Waals surface area contributed by atoms with Gasteiger partial charge in [0.15, 0.2) is 0 Å². The first-order chi connectivity index (χ1) is 8.06. The lowest BCUT2D eigenvalue weighted by Crippen LogP contribution is -2.56. The van der Waals surface area contributed by atoms with E-state index in [0.29, 0.717) is 12.5 Å². The van der Waals surface area contributed by atoms with Crippen molar-refractivity contribution in [1.29, 1.82) is 0 Å². The van der Waals surface area contributed by atoms with Crippen LogP contribution in [0.4, 0.5) is 0 Å². The molecule has 1 heterocycles. The Hall–Kier alpha value is -0.910. The summed E-state index contributed by atoms with van der Waals surface area (Å²) in [6, 6.07) is 0.403. The molecule has 2 atom stereocenters. The first-order valence-electron chi connectivity index (χ1n) is 6.00. The van der Waals surface area contributed by atoms with E-state index in [1.54, 1.807) is 5.48 Å². The quantitative estimate of drug-likeness (QED) is 0.373. The number of hydroxylamine groups is 1. The van der Waals surface area contributed by atoms with Crippen LogP contribution < -0.4 is 10.8 Å². The van der Waals surface area contributed by atoms with Crippen LogP contribution in [0.1, 0.15) is 25.7 Å². The Morgan fingerprint density at radius 3 is 2.94 bits per heavy atom. The summed E-state index contributed by atoms with van der Waals surface area (Å²) in [7, 11) is 3.97. The van der Waals surface area contributed by atoms with Crippen molar-refractivity contribution in [3.05, 3.63) is 12.7 Å². The largest absolute Gasteiger partial charge is 0.314 e. The fraction of sp³-hybridized carbons (Fsp3) is 0.750. The zero-order valence-electron chi connectivity index (χ0n) is 10.7. The molecule has 0 saturated carbocycles. The maximum absolute atomic E-state index is 11.4. The van der Waals surface area contributed by atoms with Gasteiger partial charge in [-0.15, -0.1) is 6.58 Å². The molecule has 0 radical (unpaired) electrons. The van der Waals surface area contributed by atoms with Gasteiger partial charge in [-0.25, -0.2) is 5.48 Å². The molecule has 1 amide bonds. The van der Waals surface area contributed by atoms with Gasteiger partial charge in [-0.05, 0) is 39.9 Å². The number of amides is 1. The number of hydrogen-bond acceptors (Lipinski definition) is 4. The molecule has 98 valence electrons. The number of likely N-dealkylation sites (tertiary alicyclic amines) is 1. The summed E-state index contributed by atoms with van der Waals surface area (Å²) in [5.41, 5.74) is 1.50. The number of nitrogens with one attached hydrogen (secondary N) is 2. The second-order valence-electron chi connectivity index (χ2n) is 4.86. The van der Waals surface area contributed by atoms with E-state index in [1.165, 1.54) is 0 Å². The Balaban J connectivity index is 2.72. The monoisotopic (exact) mass is 241 g/mol. The molecule has 3 N–H and O–H groups in total. The van der Waals surface area contributed by atoms with Crippen LogP contribution >= 0.6 is 0 Å². The first-order valence-corrected chi connectivity index (χ1v) is 6.00. The van der Waals surface area contributed by atoms with Gasteiger partial charge in [0.25, 0.3) is 0 Å². The molecule has 0 bridgehead atoms. The van der Waals surface area contributed by atoms with Gasteiger partial charge >= 0.3 is 0 Å². The highest BCUT2D eigenvalue weighted by Gasteiger charge is 2.38. The lowest BCUT2D eigenvalue weighted by molar-refractivity contribution is -0.131. The van der Waals surface area contributed by atoms with Crippen molar-refractivity contribution in [2.75, 3.05) is 20.6 Å². The van der Waals surface area contributed by atoms with Crippen LogP contribution in [0.15, 0.2) is 12.7 Å². The summed E-state index contributed by atoms with van der Waals surface area (Å²) in [6.07, 6.45) is 4.93. The second-order valence-corrected chi connectivity index (χ2v) is 4.86. The zero-order chi connectivity index (χ0) is 12.9. The first kappa shape index (κ1) is 14.2. The van der Waals surface area contributed by atoms with Crippen LogP contribution in [0, 0.1) is 0 Å². The van der Waals surface area contributed by atoms with Gasteiger partial charge < -0.3 is 10.2 Å². The van der Waals surface area contributed by atoms with E-state index in [2.05, 4.69) is 23.8 Å². The maximum Gasteiger partial charge on any atom is 0.245 e. The molecule has 1 saturated heterocycles. The zero-order valence-corrected chi connectivity index (χ0v) is 10.7. The van der Waals surface area contributed by atoms with Crippen LogP contribution in [-0.2, 0) is 4.79 Å². The van der Waals surface area contributed by atoms with E-state index in [9.17, 15) is 4.79 Å². The SMILES string of the molecule is C=CC[C@H]1C[C@](CC(=O)NO)(NC)CCN1C. The Morgan fingerprint density at radius 2 is 2.41 bits per heavy atom. The van der Waals surface area contributed by atoms with Crippen LogP contribution in [0.25, 0.3) is 0 Å². The molecular formula is C12H23N3O2. The van der Waals surface area contributed by atoms with Gasteiger partial charge in [-0.1, -0.05) is 6.08 Å². The topological polar surface area (TPSA) is 64.6 Å². The number of hydrogen-bond donors (Lipinski definition) is 3. The lowest BCUT2D eigenvalue weighted by atomic mass is 9.79. The minimum atomic E-state index is -0.332.